The van der Waals surface area contributed by atoms with Crippen LogP contribution >= 0.6 is 0 Å². The minimum Gasteiger partial charge on any atom is -0.352 e. The number of nitriles is 1. The van der Waals surface area contributed by atoms with Gasteiger partial charge in [0.15, 0.2) is 0 Å². The molecule has 3 rings (SSSR count). The van der Waals surface area contributed by atoms with E-state index in [9.17, 15) is 28.1 Å². The van der Waals surface area contributed by atoms with E-state index >= 15 is 0 Å². The monoisotopic (exact) mass is 429 g/mol. The molecule has 0 aliphatic carbocycles. The highest BCUT2D eigenvalue weighted by atomic mass is 19.4. The Hall–Kier alpha value is -4.20. The molecule has 0 atom stereocenters. The van der Waals surface area contributed by atoms with Crippen molar-refractivity contribution in [2.45, 2.75) is 12.6 Å². The Morgan fingerprint density at radius 1 is 1.19 bits per heavy atom. The third kappa shape index (κ3) is 5.05. The molecule has 1 heterocycles. The fourth-order valence-electron chi connectivity index (χ4n) is 2.79. The van der Waals surface area contributed by atoms with Crippen LogP contribution in [0.15, 0.2) is 54.7 Å². The third-order valence-electron chi connectivity index (χ3n) is 4.34. The van der Waals surface area contributed by atoms with Crippen molar-refractivity contribution < 1.29 is 22.9 Å². The second-order valence-corrected chi connectivity index (χ2v) is 6.40. The average Bonchev–Trinajstić information content (AvgIpc) is 3.21. The van der Waals surface area contributed by atoms with E-state index in [2.05, 4.69) is 10.4 Å². The maximum Gasteiger partial charge on any atom is 0.417 e. The van der Waals surface area contributed by atoms with E-state index in [1.54, 1.807) is 6.07 Å². The molecule has 31 heavy (non-hydrogen) atoms. The zero-order valence-corrected chi connectivity index (χ0v) is 15.8. The molecule has 0 aliphatic rings. The van der Waals surface area contributed by atoms with Gasteiger partial charge in [0, 0.05) is 36.9 Å². The highest BCUT2D eigenvalue weighted by Gasteiger charge is 2.34. The summed E-state index contributed by atoms with van der Waals surface area (Å²) in [5, 5.41) is 26.4. The van der Waals surface area contributed by atoms with Gasteiger partial charge in [-0.25, -0.2) is 4.68 Å². The average molecular weight is 429 g/mol. The van der Waals surface area contributed by atoms with Crippen LogP contribution in [0, 0.1) is 21.4 Å². The van der Waals surface area contributed by atoms with Gasteiger partial charge in [-0.2, -0.15) is 23.5 Å². The quantitative estimate of drug-likeness (QED) is 0.475. The maximum absolute atomic E-state index is 13.1. The van der Waals surface area contributed by atoms with E-state index in [0.29, 0.717) is 12.1 Å². The minimum atomic E-state index is -4.67. The molecule has 0 saturated heterocycles. The van der Waals surface area contributed by atoms with Gasteiger partial charge in [0.2, 0.25) is 0 Å². The molecule has 1 N–H and O–H groups in total. The molecular formula is C20H14F3N5O3. The van der Waals surface area contributed by atoms with E-state index < -0.39 is 28.1 Å². The third-order valence-corrected chi connectivity index (χ3v) is 4.34. The predicted octanol–water partition coefficient (Wildman–Crippen LogP) is 3.64. The van der Waals surface area contributed by atoms with Gasteiger partial charge in [-0.3, -0.25) is 14.9 Å². The molecule has 8 nitrogen and oxygen atoms in total. The lowest BCUT2D eigenvalue weighted by Crippen LogP contribution is -2.25. The van der Waals surface area contributed by atoms with E-state index in [0.717, 1.165) is 12.1 Å². The number of aromatic nitrogens is 2. The molecule has 1 amide bonds. The first-order valence-electron chi connectivity index (χ1n) is 8.88. The fraction of sp³-hybridized carbons (Fsp3) is 0.150. The van der Waals surface area contributed by atoms with Crippen LogP contribution in [0.3, 0.4) is 0 Å². The molecule has 11 heteroatoms. The molecule has 0 unspecified atom stereocenters. The van der Waals surface area contributed by atoms with Gasteiger partial charge in [0.05, 0.1) is 33.5 Å². The number of nitrogens with one attached hydrogen (secondary N) is 1. The van der Waals surface area contributed by atoms with Crippen LogP contribution in [0.5, 0.6) is 0 Å². The van der Waals surface area contributed by atoms with Gasteiger partial charge in [0.1, 0.15) is 0 Å². The lowest BCUT2D eigenvalue weighted by Gasteiger charge is -2.10. The summed E-state index contributed by atoms with van der Waals surface area (Å²) in [6.45, 7) is 0.202. The van der Waals surface area contributed by atoms with Crippen LogP contribution < -0.4 is 5.32 Å². The van der Waals surface area contributed by atoms with Crippen LogP contribution in [0.1, 0.15) is 27.2 Å². The summed E-state index contributed by atoms with van der Waals surface area (Å²) in [6.07, 6.45) is -2.87. The largest absolute Gasteiger partial charge is 0.417 e. The van der Waals surface area contributed by atoms with Crippen molar-refractivity contribution in [3.8, 4) is 11.8 Å². The van der Waals surface area contributed by atoms with Crippen molar-refractivity contribution in [2.24, 2.45) is 0 Å². The number of alkyl halides is 3. The molecule has 158 valence electrons. The number of carbonyl (C=O) groups is 1. The van der Waals surface area contributed by atoms with E-state index in [1.165, 1.54) is 47.3 Å². The smallest absolute Gasteiger partial charge is 0.352 e. The Labute approximate surface area is 173 Å². The summed E-state index contributed by atoms with van der Waals surface area (Å²) in [6, 6.07) is 11.6. The predicted molar refractivity (Wildman–Crippen MR) is 102 cm³/mol. The van der Waals surface area contributed by atoms with Crippen LogP contribution in [-0.2, 0) is 12.6 Å². The number of halogens is 3. The highest BCUT2D eigenvalue weighted by molar-refractivity contribution is 5.94. The molecule has 0 radical (unpaired) electrons. The lowest BCUT2D eigenvalue weighted by atomic mass is 10.1. The molecule has 3 aromatic rings. The Kier molecular flexibility index (Phi) is 6.01. The lowest BCUT2D eigenvalue weighted by molar-refractivity contribution is -0.384. The SMILES string of the molecule is N#Cc1ccc(-n2ccc(CCNC(=O)c3ccc([N+](=O)[O-])cc3)n2)cc1C(F)(F)F. The van der Waals surface area contributed by atoms with Crippen molar-refractivity contribution >= 4 is 11.6 Å². The minimum absolute atomic E-state index is 0.126. The van der Waals surface area contributed by atoms with Gasteiger partial charge in [-0.1, -0.05) is 0 Å². The van der Waals surface area contributed by atoms with Crippen molar-refractivity contribution in [1.29, 1.82) is 5.26 Å². The fourth-order valence-corrected chi connectivity index (χ4v) is 2.79. The number of carbonyl (C=O) groups excluding carboxylic acids is 1. The number of rotatable bonds is 6. The maximum atomic E-state index is 13.1. The van der Waals surface area contributed by atoms with Crippen molar-refractivity contribution in [1.82, 2.24) is 15.1 Å². The number of non-ortho nitro benzene ring substituents is 1. The number of amides is 1. The summed E-state index contributed by atoms with van der Waals surface area (Å²) >= 11 is 0. The Balaban J connectivity index is 1.64. The van der Waals surface area contributed by atoms with Crippen LogP contribution in [0.2, 0.25) is 0 Å². The van der Waals surface area contributed by atoms with Crippen molar-refractivity contribution in [3.05, 3.63) is 87.2 Å². The second-order valence-electron chi connectivity index (χ2n) is 6.40. The van der Waals surface area contributed by atoms with Crippen LogP contribution in [-0.4, -0.2) is 27.2 Å². The summed E-state index contributed by atoms with van der Waals surface area (Å²) in [5.41, 5.74) is -0.709. The van der Waals surface area contributed by atoms with Gasteiger partial charge in [0.25, 0.3) is 11.6 Å². The van der Waals surface area contributed by atoms with Gasteiger partial charge in [-0.05, 0) is 36.4 Å². The number of nitrogens with zero attached hydrogens (tertiary/aromatic N) is 4. The molecule has 0 aliphatic heterocycles. The number of nitro benzene ring substituents is 1. The van der Waals surface area contributed by atoms with E-state index in [1.807, 2.05) is 0 Å². The van der Waals surface area contributed by atoms with Gasteiger partial charge in [-0.15, -0.1) is 0 Å². The topological polar surface area (TPSA) is 114 Å². The van der Waals surface area contributed by atoms with Gasteiger partial charge < -0.3 is 5.32 Å². The molecule has 1 aromatic heterocycles. The Morgan fingerprint density at radius 3 is 2.52 bits per heavy atom. The molecular weight excluding hydrogens is 415 g/mol. The molecule has 0 fully saturated rings. The Bertz CT molecular complexity index is 1160. The van der Waals surface area contributed by atoms with E-state index in [-0.39, 0.29) is 23.5 Å². The number of nitro groups is 1. The molecule has 0 saturated carbocycles. The zero-order chi connectivity index (χ0) is 22.6. The summed E-state index contributed by atoms with van der Waals surface area (Å²) in [5.74, 6) is -0.420. The summed E-state index contributed by atoms with van der Waals surface area (Å²) < 4.78 is 40.6. The summed E-state index contributed by atoms with van der Waals surface area (Å²) in [7, 11) is 0. The van der Waals surface area contributed by atoms with Gasteiger partial charge >= 0.3 is 6.18 Å². The standard InChI is InChI=1S/C20H14F3N5O3/c21-20(22,23)18-11-17(6-3-14(18)12-24)27-10-8-15(26-27)7-9-25-19(29)13-1-4-16(5-2-13)28(30)31/h1-6,8,10-11H,7,9H2,(H,25,29). The first-order chi connectivity index (χ1) is 14.7. The van der Waals surface area contributed by atoms with E-state index in [4.69, 9.17) is 5.26 Å². The van der Waals surface area contributed by atoms with Crippen LogP contribution in [0.4, 0.5) is 18.9 Å². The molecule has 0 spiro atoms. The summed E-state index contributed by atoms with van der Waals surface area (Å²) in [4.78, 5) is 22.2. The number of hydrogen-bond acceptors (Lipinski definition) is 5. The highest BCUT2D eigenvalue weighted by Crippen LogP contribution is 2.33. The second kappa shape index (κ2) is 8.66. The number of hydrogen-bond donors (Lipinski definition) is 1. The number of benzene rings is 2. The normalized spacial score (nSPS) is 11.0. The van der Waals surface area contributed by atoms with Crippen molar-refractivity contribution in [2.75, 3.05) is 6.54 Å². The zero-order valence-electron chi connectivity index (χ0n) is 15.8. The van der Waals surface area contributed by atoms with Crippen LogP contribution in [0.25, 0.3) is 5.69 Å². The first kappa shape index (κ1) is 21.5. The molecule has 2 aromatic carbocycles. The Morgan fingerprint density at radius 2 is 1.90 bits per heavy atom. The molecule has 0 bridgehead atoms. The first-order valence-corrected chi connectivity index (χ1v) is 8.88. The van der Waals surface area contributed by atoms with Crippen molar-refractivity contribution in [3.63, 3.8) is 0 Å².